The lowest BCUT2D eigenvalue weighted by Gasteiger charge is -2.37. The van der Waals surface area contributed by atoms with Gasteiger partial charge in [0.2, 0.25) is 21.9 Å². The van der Waals surface area contributed by atoms with E-state index < -0.39 is 27.2 Å². The summed E-state index contributed by atoms with van der Waals surface area (Å²) in [6.45, 7) is 8.73. The van der Waals surface area contributed by atoms with Gasteiger partial charge in [-0.05, 0) is 45.2 Å². The number of para-hydroxylation sites is 1. The first-order valence-corrected chi connectivity index (χ1v) is 15.9. The molecule has 5 rings (SSSR count). The van der Waals surface area contributed by atoms with E-state index in [9.17, 15) is 12.8 Å². The molecular formula is C28H42FN7O6S. The summed E-state index contributed by atoms with van der Waals surface area (Å²) >= 11 is 0. The maximum Gasteiger partial charge on any atom is 0.243 e. The first kappa shape index (κ1) is 32.4. The summed E-state index contributed by atoms with van der Waals surface area (Å²) in [5, 5.41) is 7.64. The van der Waals surface area contributed by atoms with Crippen LogP contribution in [0.25, 0.3) is 5.69 Å². The highest BCUT2D eigenvalue weighted by Gasteiger charge is 2.39. The first-order valence-electron chi connectivity index (χ1n) is 14.4. The van der Waals surface area contributed by atoms with Crippen LogP contribution in [-0.4, -0.2) is 84.5 Å². The zero-order valence-corrected chi connectivity index (χ0v) is 26.2. The van der Waals surface area contributed by atoms with Crippen molar-refractivity contribution in [3.63, 3.8) is 0 Å². The number of halogens is 1. The number of nitrogens with one attached hydrogen (secondary N) is 1. The Morgan fingerprint density at radius 2 is 1.77 bits per heavy atom. The van der Waals surface area contributed by atoms with E-state index in [1.807, 2.05) is 27.7 Å². The Bertz CT molecular complexity index is 1430. The molecule has 2 saturated heterocycles. The number of hydrogen-bond donors (Lipinski definition) is 1. The average molecular weight is 624 g/mol. The zero-order valence-electron chi connectivity index (χ0n) is 25.4. The highest BCUT2D eigenvalue weighted by molar-refractivity contribution is 7.93. The predicted octanol–water partition coefficient (Wildman–Crippen LogP) is 4.15. The van der Waals surface area contributed by atoms with Crippen LogP contribution in [-0.2, 0) is 19.5 Å². The topological polar surface area (TPSA) is 143 Å². The monoisotopic (exact) mass is 623 g/mol. The second-order valence-corrected chi connectivity index (χ2v) is 12.1. The van der Waals surface area contributed by atoms with E-state index in [1.165, 1.54) is 14.2 Å². The fourth-order valence-corrected chi connectivity index (χ4v) is 6.58. The molecule has 2 aromatic heterocycles. The maximum absolute atomic E-state index is 14.0. The van der Waals surface area contributed by atoms with Crippen LogP contribution in [0.5, 0.6) is 11.5 Å². The van der Waals surface area contributed by atoms with Gasteiger partial charge in [-0.2, -0.15) is 0 Å². The maximum atomic E-state index is 14.0. The summed E-state index contributed by atoms with van der Waals surface area (Å²) in [4.78, 5) is 9.80. The van der Waals surface area contributed by atoms with E-state index in [4.69, 9.17) is 18.9 Å². The lowest BCUT2D eigenvalue weighted by atomic mass is 10.1. The molecule has 13 nitrogen and oxygen atoms in total. The second kappa shape index (κ2) is 14.3. The van der Waals surface area contributed by atoms with E-state index in [0.717, 1.165) is 18.8 Å². The number of sulfonamides is 1. The molecule has 2 fully saturated rings. The average Bonchev–Trinajstić information content (AvgIpc) is 3.67. The van der Waals surface area contributed by atoms with Crippen molar-refractivity contribution in [3.05, 3.63) is 42.2 Å². The smallest absolute Gasteiger partial charge is 0.243 e. The molecule has 0 unspecified atom stereocenters. The minimum atomic E-state index is -4.08. The van der Waals surface area contributed by atoms with Crippen molar-refractivity contribution in [2.45, 2.75) is 70.5 Å². The van der Waals surface area contributed by atoms with E-state index in [2.05, 4.69) is 24.9 Å². The van der Waals surface area contributed by atoms with Gasteiger partial charge in [0.15, 0.2) is 11.6 Å². The molecule has 1 N–H and O–H groups in total. The number of benzene rings is 1. The third-order valence-electron chi connectivity index (χ3n) is 6.93. The summed E-state index contributed by atoms with van der Waals surface area (Å²) in [5.74, 6) is 0.896. The molecule has 3 aromatic rings. The SMILES string of the molecule is CC.COc1cccc(OC)c1-n1c(NS(=O)(=O)[C@H]2C[C@H](OC(C)C)CN(c3ncc(F)cn3)C2)nnc1[C@@H]1CCCO1.[HH]. The predicted molar refractivity (Wildman–Crippen MR) is 161 cm³/mol. The molecule has 2 aliphatic rings. The molecule has 0 amide bonds. The fraction of sp³-hybridized carbons (Fsp3) is 0.571. The molecule has 238 valence electrons. The molecule has 0 bridgehead atoms. The summed E-state index contributed by atoms with van der Waals surface area (Å²) in [7, 11) is -1.05. The molecule has 4 heterocycles. The minimum Gasteiger partial charge on any atom is -0.494 e. The lowest BCUT2D eigenvalue weighted by Crippen LogP contribution is -2.51. The van der Waals surface area contributed by atoms with Crippen molar-refractivity contribution in [1.29, 1.82) is 0 Å². The van der Waals surface area contributed by atoms with Crippen LogP contribution in [0.1, 0.15) is 60.3 Å². The van der Waals surface area contributed by atoms with Crippen molar-refractivity contribution >= 4 is 21.9 Å². The molecule has 0 radical (unpaired) electrons. The van der Waals surface area contributed by atoms with Crippen LogP contribution in [0.2, 0.25) is 0 Å². The summed E-state index contributed by atoms with van der Waals surface area (Å²) in [5.41, 5.74) is 0.441. The van der Waals surface area contributed by atoms with Crippen molar-refractivity contribution in [3.8, 4) is 17.2 Å². The van der Waals surface area contributed by atoms with Crippen LogP contribution in [0, 0.1) is 5.82 Å². The van der Waals surface area contributed by atoms with Crippen molar-refractivity contribution in [2.24, 2.45) is 0 Å². The van der Waals surface area contributed by atoms with E-state index >= 15 is 0 Å². The Labute approximate surface area is 253 Å². The number of hydrogen-bond acceptors (Lipinski definition) is 11. The van der Waals surface area contributed by atoms with Gasteiger partial charge >= 0.3 is 0 Å². The molecule has 15 heteroatoms. The van der Waals surface area contributed by atoms with Crippen LogP contribution >= 0.6 is 0 Å². The standard InChI is InChI=1S/C26H34FN7O6S.C2H6.H2/c1-16(2)40-18-11-19(15-33(14-18)25-28-12-17(27)13-29-25)41(35,36)32-26-31-30-24(22-9-6-10-39-22)34(26)23-20(37-3)7-5-8-21(23)38-4;1-2;/h5,7-8,12-13,16,18-19,22H,6,9-11,14-15H2,1-4H3,(H,31,32);1-2H3;1H/t18-,19-,22-;;/m0../s1. The molecule has 43 heavy (non-hydrogen) atoms. The highest BCUT2D eigenvalue weighted by Crippen LogP contribution is 2.39. The molecule has 2 aliphatic heterocycles. The third-order valence-corrected chi connectivity index (χ3v) is 8.62. The van der Waals surface area contributed by atoms with Crippen LogP contribution in [0.4, 0.5) is 16.3 Å². The van der Waals surface area contributed by atoms with Crippen LogP contribution in [0.3, 0.4) is 0 Å². The number of nitrogens with zero attached hydrogens (tertiary/aromatic N) is 6. The van der Waals surface area contributed by atoms with Crippen molar-refractivity contribution in [2.75, 3.05) is 43.5 Å². The molecule has 0 aliphatic carbocycles. The number of piperidine rings is 1. The lowest BCUT2D eigenvalue weighted by molar-refractivity contribution is 0.00147. The number of ether oxygens (including phenoxy) is 4. The zero-order chi connectivity index (χ0) is 31.1. The minimum absolute atomic E-state index is 0. The molecule has 1 aromatic carbocycles. The first-order chi connectivity index (χ1) is 20.7. The normalized spacial score (nSPS) is 20.5. The highest BCUT2D eigenvalue weighted by atomic mass is 32.2. The van der Waals surface area contributed by atoms with Gasteiger partial charge in [-0.15, -0.1) is 10.2 Å². The number of rotatable bonds is 10. The summed E-state index contributed by atoms with van der Waals surface area (Å²) in [6.07, 6.45) is 2.89. The molecule has 0 saturated carbocycles. The number of methoxy groups -OCH3 is 2. The van der Waals surface area contributed by atoms with Gasteiger partial charge in [0.05, 0.1) is 38.8 Å². The molecular weight excluding hydrogens is 581 g/mol. The Balaban J connectivity index is 0.00000173. The quantitative estimate of drug-likeness (QED) is 0.348. The van der Waals surface area contributed by atoms with Gasteiger partial charge in [0.25, 0.3) is 0 Å². The largest absolute Gasteiger partial charge is 0.494 e. The van der Waals surface area contributed by atoms with Gasteiger partial charge < -0.3 is 23.8 Å². The van der Waals surface area contributed by atoms with E-state index in [1.54, 1.807) is 27.7 Å². The third kappa shape index (κ3) is 7.33. The molecule has 3 atom stereocenters. The second-order valence-electron chi connectivity index (χ2n) is 10.1. The Morgan fingerprint density at radius 3 is 2.35 bits per heavy atom. The fourth-order valence-electron chi connectivity index (χ4n) is 5.18. The Hall–Kier alpha value is -3.56. The van der Waals surface area contributed by atoms with Crippen molar-refractivity contribution in [1.82, 2.24) is 24.7 Å². The van der Waals surface area contributed by atoms with E-state index in [-0.39, 0.29) is 38.5 Å². The van der Waals surface area contributed by atoms with Gasteiger partial charge in [0, 0.05) is 21.1 Å². The number of anilines is 2. The van der Waals surface area contributed by atoms with Gasteiger partial charge in [-0.25, -0.2) is 22.8 Å². The van der Waals surface area contributed by atoms with Gasteiger partial charge in [-0.1, -0.05) is 19.9 Å². The van der Waals surface area contributed by atoms with Crippen LogP contribution < -0.4 is 19.1 Å². The molecule has 0 spiro atoms. The van der Waals surface area contributed by atoms with Crippen LogP contribution in [0.15, 0.2) is 30.6 Å². The summed E-state index contributed by atoms with van der Waals surface area (Å²) < 4.78 is 68.8. The Kier molecular flexibility index (Phi) is 10.7. The van der Waals surface area contributed by atoms with Crippen molar-refractivity contribution < 1.29 is 33.2 Å². The van der Waals surface area contributed by atoms with Gasteiger partial charge in [-0.3, -0.25) is 9.29 Å². The van der Waals surface area contributed by atoms with Gasteiger partial charge in [0.1, 0.15) is 28.5 Å². The summed E-state index contributed by atoms with van der Waals surface area (Å²) in [6, 6.07) is 5.25. The number of aromatic nitrogens is 5. The Morgan fingerprint density at radius 1 is 1.09 bits per heavy atom. The van der Waals surface area contributed by atoms with E-state index in [0.29, 0.717) is 42.6 Å².